The monoisotopic (exact) mass is 276 g/mol. The minimum absolute atomic E-state index is 0.0800. The number of nitrogens with one attached hydrogen (secondary N) is 3. The minimum atomic E-state index is -0.362. The van der Waals surface area contributed by atoms with E-state index >= 15 is 0 Å². The first-order valence-corrected chi connectivity index (χ1v) is 6.65. The summed E-state index contributed by atoms with van der Waals surface area (Å²) < 4.78 is 5.38. The van der Waals surface area contributed by atoms with Crippen LogP contribution in [-0.4, -0.2) is 35.0 Å². The van der Waals surface area contributed by atoms with Gasteiger partial charge in [0, 0.05) is 12.6 Å². The van der Waals surface area contributed by atoms with Gasteiger partial charge < -0.3 is 20.0 Å². The SMILES string of the molecule is Cc1oc2nc[nH]c(=O)c2c1C(=O)N[C@H]1CCCNC1. The number of rotatable bonds is 2. The Kier molecular flexibility index (Phi) is 3.27. The van der Waals surface area contributed by atoms with Gasteiger partial charge in [-0.3, -0.25) is 9.59 Å². The number of piperidine rings is 1. The van der Waals surface area contributed by atoms with Gasteiger partial charge in [0.15, 0.2) is 0 Å². The summed E-state index contributed by atoms with van der Waals surface area (Å²) in [5.41, 5.74) is 0.108. The Morgan fingerprint density at radius 2 is 2.40 bits per heavy atom. The highest BCUT2D eigenvalue weighted by Gasteiger charge is 2.24. The molecule has 7 heteroatoms. The zero-order chi connectivity index (χ0) is 14.1. The lowest BCUT2D eigenvalue weighted by Gasteiger charge is -2.23. The fourth-order valence-corrected chi connectivity index (χ4v) is 2.56. The van der Waals surface area contributed by atoms with Crippen LogP contribution in [0.4, 0.5) is 0 Å². The maximum absolute atomic E-state index is 12.4. The van der Waals surface area contributed by atoms with Crippen LogP contribution in [0.1, 0.15) is 29.0 Å². The lowest BCUT2D eigenvalue weighted by Crippen LogP contribution is -2.45. The van der Waals surface area contributed by atoms with E-state index < -0.39 is 0 Å². The molecule has 0 aromatic carbocycles. The number of hydrogen-bond acceptors (Lipinski definition) is 5. The van der Waals surface area contributed by atoms with Crippen molar-refractivity contribution in [3.8, 4) is 0 Å². The van der Waals surface area contributed by atoms with Crippen LogP contribution in [-0.2, 0) is 0 Å². The van der Waals surface area contributed by atoms with Gasteiger partial charge in [0.25, 0.3) is 11.5 Å². The topological polar surface area (TPSA) is 100 Å². The zero-order valence-corrected chi connectivity index (χ0v) is 11.2. The van der Waals surface area contributed by atoms with Crippen molar-refractivity contribution in [3.05, 3.63) is 28.0 Å². The van der Waals surface area contributed by atoms with E-state index in [-0.39, 0.29) is 34.2 Å². The van der Waals surface area contributed by atoms with Crippen molar-refractivity contribution < 1.29 is 9.21 Å². The van der Waals surface area contributed by atoms with E-state index in [4.69, 9.17) is 4.42 Å². The molecule has 2 aromatic heterocycles. The molecule has 3 N–H and O–H groups in total. The maximum Gasteiger partial charge on any atom is 0.262 e. The van der Waals surface area contributed by atoms with Crippen molar-refractivity contribution >= 4 is 17.0 Å². The third-order valence-corrected chi connectivity index (χ3v) is 3.53. The minimum Gasteiger partial charge on any atom is -0.442 e. The second-order valence-corrected chi connectivity index (χ2v) is 4.96. The first-order valence-electron chi connectivity index (χ1n) is 6.65. The molecule has 3 heterocycles. The van der Waals surface area contributed by atoms with E-state index in [9.17, 15) is 9.59 Å². The molecule has 0 radical (unpaired) electrons. The number of H-pyrrole nitrogens is 1. The van der Waals surface area contributed by atoms with E-state index in [0.717, 1.165) is 25.9 Å². The molecule has 1 saturated heterocycles. The summed E-state index contributed by atoms with van der Waals surface area (Å²) >= 11 is 0. The van der Waals surface area contributed by atoms with Gasteiger partial charge in [-0.2, -0.15) is 0 Å². The highest BCUT2D eigenvalue weighted by atomic mass is 16.3. The van der Waals surface area contributed by atoms with Crippen LogP contribution in [0.5, 0.6) is 0 Å². The Hall–Kier alpha value is -2.15. The number of carbonyl (C=O) groups is 1. The van der Waals surface area contributed by atoms with Gasteiger partial charge in [-0.15, -0.1) is 0 Å². The fourth-order valence-electron chi connectivity index (χ4n) is 2.56. The quantitative estimate of drug-likeness (QED) is 0.733. The third-order valence-electron chi connectivity index (χ3n) is 3.53. The van der Waals surface area contributed by atoms with Crippen LogP contribution in [0.3, 0.4) is 0 Å². The van der Waals surface area contributed by atoms with E-state index in [1.807, 2.05) is 0 Å². The molecule has 20 heavy (non-hydrogen) atoms. The second kappa shape index (κ2) is 5.09. The normalized spacial score (nSPS) is 19.1. The molecule has 3 rings (SSSR count). The van der Waals surface area contributed by atoms with Crippen molar-refractivity contribution in [2.75, 3.05) is 13.1 Å². The average molecular weight is 276 g/mol. The molecule has 1 fully saturated rings. The second-order valence-electron chi connectivity index (χ2n) is 4.96. The summed E-state index contributed by atoms with van der Waals surface area (Å²) in [6.07, 6.45) is 3.22. The molecule has 1 aliphatic heterocycles. The molecule has 0 spiro atoms. The number of furan rings is 1. The highest BCUT2D eigenvalue weighted by Crippen LogP contribution is 2.20. The van der Waals surface area contributed by atoms with E-state index in [0.29, 0.717) is 5.76 Å². The molecular formula is C13H16N4O3. The predicted octanol–water partition coefficient (Wildman–Crippen LogP) is 0.306. The standard InChI is InChI=1S/C13H16N4O3/c1-7-9(10-11(18)15-6-16-13(10)20-7)12(19)17-8-3-2-4-14-5-8/h6,8,14H,2-5H2,1H3,(H,17,19)(H,15,16,18)/t8-/m0/s1. The number of amides is 1. The number of hydrogen-bond donors (Lipinski definition) is 3. The maximum atomic E-state index is 12.4. The zero-order valence-electron chi connectivity index (χ0n) is 11.2. The predicted molar refractivity (Wildman–Crippen MR) is 72.7 cm³/mol. The number of nitrogens with zero attached hydrogens (tertiary/aromatic N) is 1. The fraction of sp³-hybridized carbons (Fsp3) is 0.462. The van der Waals surface area contributed by atoms with Crippen LogP contribution in [0.2, 0.25) is 0 Å². The van der Waals surface area contributed by atoms with Crippen LogP contribution < -0.4 is 16.2 Å². The van der Waals surface area contributed by atoms with Crippen molar-refractivity contribution in [3.63, 3.8) is 0 Å². The summed E-state index contributed by atoms with van der Waals surface area (Å²) in [5.74, 6) is 0.124. The summed E-state index contributed by atoms with van der Waals surface area (Å²) in [5, 5.41) is 6.38. The highest BCUT2D eigenvalue weighted by molar-refractivity contribution is 6.06. The summed E-state index contributed by atoms with van der Waals surface area (Å²) in [6.45, 7) is 3.38. The Morgan fingerprint density at radius 1 is 1.55 bits per heavy atom. The van der Waals surface area contributed by atoms with Gasteiger partial charge in [0.2, 0.25) is 5.71 Å². The van der Waals surface area contributed by atoms with Crippen molar-refractivity contribution in [2.24, 2.45) is 0 Å². The van der Waals surface area contributed by atoms with Gasteiger partial charge in [0.1, 0.15) is 11.1 Å². The summed E-state index contributed by atoms with van der Waals surface area (Å²) in [4.78, 5) is 30.6. The van der Waals surface area contributed by atoms with Gasteiger partial charge in [0.05, 0.1) is 11.9 Å². The molecule has 1 atom stereocenters. The summed E-state index contributed by atoms with van der Waals surface area (Å²) in [6, 6.07) is 0.0800. The Morgan fingerprint density at radius 3 is 3.15 bits per heavy atom. The Bertz CT molecular complexity index is 697. The molecule has 1 aliphatic rings. The van der Waals surface area contributed by atoms with Gasteiger partial charge in [-0.25, -0.2) is 4.98 Å². The lowest BCUT2D eigenvalue weighted by atomic mass is 10.1. The number of aromatic amines is 1. The molecular weight excluding hydrogens is 260 g/mol. The van der Waals surface area contributed by atoms with E-state index in [1.165, 1.54) is 6.33 Å². The lowest BCUT2D eigenvalue weighted by molar-refractivity contribution is 0.0930. The van der Waals surface area contributed by atoms with Crippen molar-refractivity contribution in [1.82, 2.24) is 20.6 Å². The van der Waals surface area contributed by atoms with Crippen LogP contribution in [0, 0.1) is 6.92 Å². The van der Waals surface area contributed by atoms with Crippen molar-refractivity contribution in [2.45, 2.75) is 25.8 Å². The smallest absolute Gasteiger partial charge is 0.262 e. The third kappa shape index (κ3) is 2.20. The number of fused-ring (bicyclic) bond motifs is 1. The molecule has 1 amide bonds. The number of aryl methyl sites for hydroxylation is 1. The van der Waals surface area contributed by atoms with E-state index in [2.05, 4.69) is 20.6 Å². The Labute approximate surface area is 114 Å². The molecule has 0 bridgehead atoms. The van der Waals surface area contributed by atoms with Gasteiger partial charge in [-0.05, 0) is 26.3 Å². The van der Waals surface area contributed by atoms with Crippen LogP contribution in [0.15, 0.2) is 15.5 Å². The molecule has 2 aromatic rings. The molecule has 7 nitrogen and oxygen atoms in total. The van der Waals surface area contributed by atoms with Gasteiger partial charge >= 0.3 is 0 Å². The van der Waals surface area contributed by atoms with Gasteiger partial charge in [-0.1, -0.05) is 0 Å². The first-order chi connectivity index (χ1) is 9.66. The van der Waals surface area contributed by atoms with E-state index in [1.54, 1.807) is 6.92 Å². The Balaban J connectivity index is 1.94. The molecule has 0 aliphatic carbocycles. The largest absolute Gasteiger partial charge is 0.442 e. The molecule has 0 saturated carbocycles. The molecule has 106 valence electrons. The average Bonchev–Trinajstić information content (AvgIpc) is 2.77. The molecule has 0 unspecified atom stereocenters. The number of carbonyl (C=O) groups excluding carboxylic acids is 1. The first kappa shape index (κ1) is 12.9. The van der Waals surface area contributed by atoms with Crippen LogP contribution in [0.25, 0.3) is 11.1 Å². The number of aromatic nitrogens is 2. The van der Waals surface area contributed by atoms with Crippen molar-refractivity contribution in [1.29, 1.82) is 0 Å². The summed E-state index contributed by atoms with van der Waals surface area (Å²) in [7, 11) is 0. The van der Waals surface area contributed by atoms with Crippen LogP contribution >= 0.6 is 0 Å².